The standard InChI is InChI=1S/C19H14ClN3O7/c1-29-15-8-11(6-13-17(24)21-19(26)22-18(13)25)7-14(20)16(15)30-9-10-2-4-12(5-3-10)23(27)28/h2-8H,9H2,1H3,(H2,21,22,24,25,26). The average Bonchev–Trinajstić information content (AvgIpc) is 2.69. The lowest BCUT2D eigenvalue weighted by Crippen LogP contribution is -2.51. The van der Waals surface area contributed by atoms with Gasteiger partial charge in [-0.3, -0.25) is 30.3 Å². The number of urea groups is 1. The van der Waals surface area contributed by atoms with Crippen LogP contribution in [0.3, 0.4) is 0 Å². The maximum atomic E-state index is 11.9. The first-order valence-corrected chi connectivity index (χ1v) is 8.78. The zero-order valence-electron chi connectivity index (χ0n) is 15.4. The van der Waals surface area contributed by atoms with E-state index in [-0.39, 0.29) is 34.4 Å². The second kappa shape index (κ2) is 8.62. The first kappa shape index (κ1) is 20.8. The zero-order valence-corrected chi connectivity index (χ0v) is 16.2. The molecule has 0 radical (unpaired) electrons. The third kappa shape index (κ3) is 4.55. The van der Waals surface area contributed by atoms with E-state index in [0.717, 1.165) is 0 Å². The summed E-state index contributed by atoms with van der Waals surface area (Å²) < 4.78 is 11.0. The number of nitrogens with one attached hydrogen (secondary N) is 2. The van der Waals surface area contributed by atoms with Crippen LogP contribution in [0.2, 0.25) is 5.02 Å². The van der Waals surface area contributed by atoms with Crippen molar-refractivity contribution in [3.05, 3.63) is 68.2 Å². The minimum atomic E-state index is -0.896. The number of benzene rings is 2. The third-order valence-electron chi connectivity index (χ3n) is 4.04. The van der Waals surface area contributed by atoms with Crippen molar-refractivity contribution in [2.24, 2.45) is 0 Å². The molecule has 1 fully saturated rings. The van der Waals surface area contributed by atoms with Gasteiger partial charge in [0.2, 0.25) is 0 Å². The normalized spacial score (nSPS) is 13.4. The van der Waals surface area contributed by atoms with Gasteiger partial charge in [-0.2, -0.15) is 0 Å². The fraction of sp³-hybridized carbons (Fsp3) is 0.105. The van der Waals surface area contributed by atoms with Crippen molar-refractivity contribution in [1.82, 2.24) is 10.6 Å². The number of nitro benzene ring substituents is 1. The predicted molar refractivity (Wildman–Crippen MR) is 105 cm³/mol. The fourth-order valence-electron chi connectivity index (χ4n) is 2.61. The minimum absolute atomic E-state index is 0.0377. The molecule has 0 aromatic heterocycles. The molecule has 0 bridgehead atoms. The number of nitro groups is 1. The van der Waals surface area contributed by atoms with Crippen LogP contribution >= 0.6 is 11.6 Å². The van der Waals surface area contributed by atoms with Crippen molar-refractivity contribution in [2.45, 2.75) is 6.61 Å². The minimum Gasteiger partial charge on any atom is -0.493 e. The molecule has 0 saturated carbocycles. The molecule has 1 aliphatic heterocycles. The molecule has 11 heteroatoms. The quantitative estimate of drug-likeness (QED) is 0.310. The van der Waals surface area contributed by atoms with Gasteiger partial charge in [-0.1, -0.05) is 11.6 Å². The number of imide groups is 2. The van der Waals surface area contributed by atoms with Crippen molar-refractivity contribution >= 4 is 41.2 Å². The van der Waals surface area contributed by atoms with Crippen molar-refractivity contribution < 1.29 is 28.8 Å². The number of amides is 4. The Labute approximate surface area is 174 Å². The summed E-state index contributed by atoms with van der Waals surface area (Å²) in [6.45, 7) is 0.0709. The Morgan fingerprint density at radius 1 is 1.10 bits per heavy atom. The molecule has 1 saturated heterocycles. The Kier molecular flexibility index (Phi) is 5.98. The van der Waals surface area contributed by atoms with E-state index in [1.165, 1.54) is 37.5 Å². The first-order chi connectivity index (χ1) is 14.3. The molecule has 0 unspecified atom stereocenters. The number of hydrogen-bond donors (Lipinski definition) is 2. The number of rotatable bonds is 6. The SMILES string of the molecule is COc1cc(C=C2C(=O)NC(=O)NC2=O)cc(Cl)c1OCc1ccc([N+](=O)[O-])cc1. The van der Waals surface area contributed by atoms with Crippen LogP contribution in [0.4, 0.5) is 10.5 Å². The Hall–Kier alpha value is -3.92. The van der Waals surface area contributed by atoms with Crippen LogP contribution in [-0.4, -0.2) is 29.9 Å². The lowest BCUT2D eigenvalue weighted by molar-refractivity contribution is -0.384. The molecule has 2 aromatic rings. The van der Waals surface area contributed by atoms with Crippen molar-refractivity contribution in [2.75, 3.05) is 7.11 Å². The van der Waals surface area contributed by atoms with Gasteiger partial charge >= 0.3 is 6.03 Å². The number of carbonyl (C=O) groups excluding carboxylic acids is 3. The summed E-state index contributed by atoms with van der Waals surface area (Å²) in [7, 11) is 1.39. The molecule has 1 heterocycles. The highest BCUT2D eigenvalue weighted by Crippen LogP contribution is 2.37. The van der Waals surface area contributed by atoms with Gasteiger partial charge in [0.05, 0.1) is 17.1 Å². The van der Waals surface area contributed by atoms with Crippen LogP contribution in [0.15, 0.2) is 42.0 Å². The van der Waals surface area contributed by atoms with E-state index in [1.54, 1.807) is 12.1 Å². The number of non-ortho nitro benzene ring substituents is 1. The summed E-state index contributed by atoms with van der Waals surface area (Å²) in [4.78, 5) is 45.1. The zero-order chi connectivity index (χ0) is 21.8. The smallest absolute Gasteiger partial charge is 0.328 e. The molecule has 4 amide bonds. The lowest BCUT2D eigenvalue weighted by Gasteiger charge is -2.15. The Bertz CT molecular complexity index is 1060. The average molecular weight is 432 g/mol. The second-order valence-electron chi connectivity index (χ2n) is 6.04. The predicted octanol–water partition coefficient (Wildman–Crippen LogP) is 2.59. The van der Waals surface area contributed by atoms with E-state index in [4.69, 9.17) is 21.1 Å². The molecular weight excluding hydrogens is 418 g/mol. The second-order valence-corrected chi connectivity index (χ2v) is 6.45. The van der Waals surface area contributed by atoms with Crippen LogP contribution in [0, 0.1) is 10.1 Å². The molecule has 30 heavy (non-hydrogen) atoms. The summed E-state index contributed by atoms with van der Waals surface area (Å²) >= 11 is 6.28. The maximum absolute atomic E-state index is 11.9. The third-order valence-corrected chi connectivity index (χ3v) is 4.32. The van der Waals surface area contributed by atoms with Gasteiger partial charge in [0.15, 0.2) is 11.5 Å². The molecule has 154 valence electrons. The van der Waals surface area contributed by atoms with Crippen molar-refractivity contribution in [3.63, 3.8) is 0 Å². The molecule has 1 aliphatic rings. The Morgan fingerprint density at radius 3 is 2.30 bits per heavy atom. The van der Waals surface area contributed by atoms with Crippen molar-refractivity contribution in [1.29, 1.82) is 0 Å². The highest BCUT2D eigenvalue weighted by Gasteiger charge is 2.28. The molecule has 0 spiro atoms. The number of nitrogens with zero attached hydrogens (tertiary/aromatic N) is 1. The van der Waals surface area contributed by atoms with Crippen LogP contribution in [0.5, 0.6) is 11.5 Å². The Balaban J connectivity index is 1.83. The van der Waals surface area contributed by atoms with E-state index in [9.17, 15) is 24.5 Å². The van der Waals surface area contributed by atoms with Crippen LogP contribution in [0.25, 0.3) is 6.08 Å². The highest BCUT2D eigenvalue weighted by atomic mass is 35.5. The van der Waals surface area contributed by atoms with E-state index in [0.29, 0.717) is 11.1 Å². The van der Waals surface area contributed by atoms with E-state index in [2.05, 4.69) is 0 Å². The van der Waals surface area contributed by atoms with E-state index in [1.807, 2.05) is 10.6 Å². The topological polar surface area (TPSA) is 137 Å². The molecule has 3 rings (SSSR count). The van der Waals surface area contributed by atoms with Gasteiger partial charge in [0.1, 0.15) is 12.2 Å². The van der Waals surface area contributed by atoms with Gasteiger partial charge in [-0.15, -0.1) is 0 Å². The first-order valence-electron chi connectivity index (χ1n) is 8.40. The molecule has 0 aliphatic carbocycles. The van der Waals surface area contributed by atoms with Crippen LogP contribution in [0.1, 0.15) is 11.1 Å². The number of halogens is 1. The lowest BCUT2D eigenvalue weighted by atomic mass is 10.1. The highest BCUT2D eigenvalue weighted by molar-refractivity contribution is 6.33. The molecular formula is C19H14ClN3O7. The number of ether oxygens (including phenoxy) is 2. The van der Waals surface area contributed by atoms with E-state index >= 15 is 0 Å². The van der Waals surface area contributed by atoms with Gasteiger partial charge in [0, 0.05) is 12.1 Å². The summed E-state index contributed by atoms with van der Waals surface area (Å²) in [6, 6.07) is 7.89. The van der Waals surface area contributed by atoms with Gasteiger partial charge in [-0.25, -0.2) is 4.79 Å². The molecule has 2 N–H and O–H groups in total. The molecule has 10 nitrogen and oxygen atoms in total. The molecule has 2 aromatic carbocycles. The summed E-state index contributed by atoms with van der Waals surface area (Å²) in [5.41, 5.74) is 0.732. The fourth-order valence-corrected chi connectivity index (χ4v) is 2.88. The molecule has 0 atom stereocenters. The van der Waals surface area contributed by atoms with Gasteiger partial charge in [-0.05, 0) is 41.5 Å². The largest absolute Gasteiger partial charge is 0.493 e. The van der Waals surface area contributed by atoms with Gasteiger partial charge in [0.25, 0.3) is 17.5 Å². The monoisotopic (exact) mass is 431 g/mol. The Morgan fingerprint density at radius 2 is 1.73 bits per heavy atom. The number of barbiturate groups is 1. The van der Waals surface area contributed by atoms with Crippen LogP contribution in [-0.2, 0) is 16.2 Å². The summed E-state index contributed by atoms with van der Waals surface area (Å²) in [5.74, 6) is -1.22. The number of carbonyl (C=O) groups is 3. The van der Waals surface area contributed by atoms with Crippen molar-refractivity contribution in [3.8, 4) is 11.5 Å². The van der Waals surface area contributed by atoms with Crippen LogP contribution < -0.4 is 20.1 Å². The summed E-state index contributed by atoms with van der Waals surface area (Å²) in [5, 5.41) is 14.8. The van der Waals surface area contributed by atoms with E-state index < -0.39 is 22.8 Å². The maximum Gasteiger partial charge on any atom is 0.328 e. The number of methoxy groups -OCH3 is 1. The summed E-state index contributed by atoms with van der Waals surface area (Å²) in [6.07, 6.45) is 1.26. The van der Waals surface area contributed by atoms with Gasteiger partial charge < -0.3 is 9.47 Å². The number of hydrogen-bond acceptors (Lipinski definition) is 7.